The number of halogens is 2. The maximum Gasteiger partial charge on any atom is 0.243 e. The molecule has 0 unspecified atom stereocenters. The number of fused-ring (bicyclic) bond motifs is 3. The quantitative estimate of drug-likeness (QED) is 0.571. The first-order valence-electron chi connectivity index (χ1n) is 10.7. The number of hydrogen-bond acceptors (Lipinski definition) is 6. The second kappa shape index (κ2) is 8.00. The van der Waals surface area contributed by atoms with Gasteiger partial charge in [-0.2, -0.15) is 4.31 Å². The molecule has 1 atom stereocenters. The molecule has 5 rings (SSSR count). The predicted molar refractivity (Wildman–Crippen MR) is 121 cm³/mol. The van der Waals surface area contributed by atoms with Crippen molar-refractivity contribution >= 4 is 37.4 Å². The van der Waals surface area contributed by atoms with E-state index in [1.54, 1.807) is 11.3 Å². The van der Waals surface area contributed by atoms with Gasteiger partial charge in [0.15, 0.2) is 11.6 Å². The van der Waals surface area contributed by atoms with Gasteiger partial charge in [-0.3, -0.25) is 0 Å². The van der Waals surface area contributed by atoms with Crippen molar-refractivity contribution in [1.29, 1.82) is 0 Å². The van der Waals surface area contributed by atoms with E-state index in [0.29, 0.717) is 24.8 Å². The van der Waals surface area contributed by atoms with Crippen LogP contribution in [0.15, 0.2) is 23.1 Å². The summed E-state index contributed by atoms with van der Waals surface area (Å²) in [5.41, 5.74) is 1.34. The number of nitrogens with zero attached hydrogens (tertiary/aromatic N) is 4. The highest BCUT2D eigenvalue weighted by molar-refractivity contribution is 7.89. The van der Waals surface area contributed by atoms with Crippen LogP contribution >= 0.6 is 11.3 Å². The Morgan fingerprint density at radius 2 is 1.84 bits per heavy atom. The Kier molecular flexibility index (Phi) is 5.42. The van der Waals surface area contributed by atoms with Crippen LogP contribution in [0.3, 0.4) is 0 Å². The van der Waals surface area contributed by atoms with Crippen LogP contribution in [-0.2, 0) is 22.9 Å². The molecule has 0 spiro atoms. The summed E-state index contributed by atoms with van der Waals surface area (Å²) in [5.74, 6) is 0.0176. The lowest BCUT2D eigenvalue weighted by Crippen LogP contribution is -2.49. The first-order valence-corrected chi connectivity index (χ1v) is 13.0. The molecule has 0 N–H and O–H groups in total. The summed E-state index contributed by atoms with van der Waals surface area (Å²) >= 11 is 1.75. The van der Waals surface area contributed by atoms with Gasteiger partial charge in [0, 0.05) is 31.1 Å². The van der Waals surface area contributed by atoms with E-state index in [1.165, 1.54) is 14.7 Å². The Hall–Kier alpha value is -2.17. The average molecular weight is 479 g/mol. The molecule has 32 heavy (non-hydrogen) atoms. The molecule has 170 valence electrons. The van der Waals surface area contributed by atoms with E-state index in [1.807, 2.05) is 6.92 Å². The van der Waals surface area contributed by atoms with Crippen LogP contribution in [0.2, 0.25) is 0 Å². The van der Waals surface area contributed by atoms with Crippen LogP contribution in [0.25, 0.3) is 10.2 Å². The zero-order valence-electron chi connectivity index (χ0n) is 17.9. The van der Waals surface area contributed by atoms with Gasteiger partial charge in [-0.25, -0.2) is 27.2 Å². The fraction of sp³-hybridized carbons (Fsp3) is 0.455. The number of aromatic nitrogens is 2. The molecule has 1 aliphatic heterocycles. The molecule has 1 fully saturated rings. The molecule has 0 bridgehead atoms. The first kappa shape index (κ1) is 21.7. The molecule has 3 heterocycles. The van der Waals surface area contributed by atoms with E-state index in [0.717, 1.165) is 53.5 Å². The molecule has 0 radical (unpaired) electrons. The number of sulfonamides is 1. The van der Waals surface area contributed by atoms with Gasteiger partial charge in [-0.05, 0) is 55.9 Å². The summed E-state index contributed by atoms with van der Waals surface area (Å²) in [5, 5.41) is 1.11. The van der Waals surface area contributed by atoms with Crippen molar-refractivity contribution in [2.24, 2.45) is 5.92 Å². The Bertz CT molecular complexity index is 1300. The van der Waals surface area contributed by atoms with Crippen molar-refractivity contribution in [3.05, 3.63) is 46.1 Å². The van der Waals surface area contributed by atoms with Gasteiger partial charge in [0.1, 0.15) is 16.5 Å². The van der Waals surface area contributed by atoms with Crippen molar-refractivity contribution < 1.29 is 17.2 Å². The summed E-state index contributed by atoms with van der Waals surface area (Å²) in [6.45, 7) is 5.58. The smallest absolute Gasteiger partial charge is 0.243 e. The highest BCUT2D eigenvalue weighted by Gasteiger charge is 2.32. The molecule has 1 aromatic carbocycles. The lowest BCUT2D eigenvalue weighted by Gasteiger charge is -2.35. The minimum atomic E-state index is -3.90. The van der Waals surface area contributed by atoms with Crippen LogP contribution in [0, 0.1) is 24.5 Å². The highest BCUT2D eigenvalue weighted by Crippen LogP contribution is 2.41. The predicted octanol–water partition coefficient (Wildman–Crippen LogP) is 3.91. The van der Waals surface area contributed by atoms with Crippen LogP contribution in [0.5, 0.6) is 0 Å². The summed E-state index contributed by atoms with van der Waals surface area (Å²) in [6, 6.07) is 2.70. The van der Waals surface area contributed by atoms with Crippen molar-refractivity contribution in [2.45, 2.75) is 38.0 Å². The molecule has 3 aromatic rings. The van der Waals surface area contributed by atoms with Gasteiger partial charge in [0.25, 0.3) is 0 Å². The lowest BCUT2D eigenvalue weighted by molar-refractivity contribution is 0.383. The lowest BCUT2D eigenvalue weighted by atomic mass is 9.89. The number of rotatable bonds is 3. The molecule has 10 heteroatoms. The third-order valence-electron chi connectivity index (χ3n) is 6.31. The monoisotopic (exact) mass is 478 g/mol. The minimum Gasteiger partial charge on any atom is -0.353 e. The van der Waals surface area contributed by atoms with Gasteiger partial charge in [-0.1, -0.05) is 6.92 Å². The Morgan fingerprint density at radius 3 is 2.56 bits per heavy atom. The summed E-state index contributed by atoms with van der Waals surface area (Å²) in [4.78, 5) is 13.7. The van der Waals surface area contributed by atoms with E-state index in [2.05, 4.69) is 16.8 Å². The number of anilines is 1. The maximum absolute atomic E-state index is 13.6. The molecule has 0 saturated carbocycles. The van der Waals surface area contributed by atoms with E-state index in [4.69, 9.17) is 4.98 Å². The summed E-state index contributed by atoms with van der Waals surface area (Å²) in [6.07, 6.45) is 3.22. The average Bonchev–Trinajstić information content (AvgIpc) is 3.12. The second-order valence-electron chi connectivity index (χ2n) is 8.59. The first-order chi connectivity index (χ1) is 15.2. The maximum atomic E-state index is 13.6. The largest absolute Gasteiger partial charge is 0.353 e. The normalized spacial score (nSPS) is 20.0. The molecule has 1 aliphatic carbocycles. The topological polar surface area (TPSA) is 66.4 Å². The Morgan fingerprint density at radius 1 is 1.09 bits per heavy atom. The van der Waals surface area contributed by atoms with Gasteiger partial charge >= 0.3 is 0 Å². The highest BCUT2D eigenvalue weighted by atomic mass is 32.2. The third-order valence-corrected chi connectivity index (χ3v) is 9.36. The zero-order chi connectivity index (χ0) is 22.6. The molecular formula is C22H24F2N4O2S2. The van der Waals surface area contributed by atoms with Crippen LogP contribution in [0.4, 0.5) is 14.6 Å². The van der Waals surface area contributed by atoms with Gasteiger partial charge < -0.3 is 4.90 Å². The van der Waals surface area contributed by atoms with Gasteiger partial charge in [0.2, 0.25) is 10.0 Å². The number of benzene rings is 1. The Balaban J connectivity index is 1.42. The standard InChI is InChI=1S/C22H24F2N4O2S2/c1-13-3-5-16-19(11-13)31-22-20(16)21(25-14(2)26-22)27-7-9-28(10-8-27)32(29,30)15-4-6-17(23)18(24)12-15/h4,6,12-13H,3,5,7-11H2,1-2H3/t13-/m0/s1. The van der Waals surface area contributed by atoms with E-state index in [9.17, 15) is 17.2 Å². The number of aryl methyl sites for hydroxylation is 2. The fourth-order valence-corrected chi connectivity index (χ4v) is 7.44. The summed E-state index contributed by atoms with van der Waals surface area (Å²) < 4.78 is 54.0. The van der Waals surface area contributed by atoms with Crippen LogP contribution in [-0.4, -0.2) is 48.9 Å². The number of hydrogen-bond donors (Lipinski definition) is 0. The Labute approximate surface area is 189 Å². The third kappa shape index (κ3) is 3.68. The van der Waals surface area contributed by atoms with Crippen LogP contribution in [0.1, 0.15) is 29.6 Å². The molecule has 0 amide bonds. The van der Waals surface area contributed by atoms with E-state index in [-0.39, 0.29) is 18.0 Å². The van der Waals surface area contributed by atoms with Crippen molar-refractivity contribution in [2.75, 3.05) is 31.1 Å². The van der Waals surface area contributed by atoms with Crippen LogP contribution < -0.4 is 4.90 Å². The van der Waals surface area contributed by atoms with Crippen molar-refractivity contribution in [1.82, 2.24) is 14.3 Å². The SMILES string of the molecule is Cc1nc(N2CCN(S(=O)(=O)c3ccc(F)c(F)c3)CC2)c2c3c(sc2n1)C[C@@H](C)CC3. The van der Waals surface area contributed by atoms with Crippen molar-refractivity contribution in [3.63, 3.8) is 0 Å². The van der Waals surface area contributed by atoms with E-state index < -0.39 is 21.7 Å². The fourth-order valence-electron chi connectivity index (χ4n) is 4.58. The van der Waals surface area contributed by atoms with E-state index >= 15 is 0 Å². The molecule has 2 aliphatic rings. The molecular weight excluding hydrogens is 454 g/mol. The van der Waals surface area contributed by atoms with Gasteiger partial charge in [0.05, 0.1) is 10.3 Å². The summed E-state index contributed by atoms with van der Waals surface area (Å²) in [7, 11) is -3.90. The minimum absolute atomic E-state index is 0.230. The molecule has 6 nitrogen and oxygen atoms in total. The number of piperazine rings is 1. The van der Waals surface area contributed by atoms with Crippen molar-refractivity contribution in [3.8, 4) is 0 Å². The number of thiophene rings is 1. The molecule has 2 aromatic heterocycles. The second-order valence-corrected chi connectivity index (χ2v) is 11.6. The zero-order valence-corrected chi connectivity index (χ0v) is 19.6. The molecule has 1 saturated heterocycles. The van der Waals surface area contributed by atoms with Gasteiger partial charge in [-0.15, -0.1) is 11.3 Å².